The Balaban J connectivity index is 0.000000194. The third kappa shape index (κ3) is 11.4. The summed E-state index contributed by atoms with van der Waals surface area (Å²) in [6, 6.07) is 7.37. The zero-order chi connectivity index (χ0) is 35.3. The number of methoxy groups -OCH3 is 2. The standard InChI is InChI=1S/C20H27Cl2NO2.C20H21Cl2NO2/c1-24-20-18(22)12-16(21)13-19(20)25-11-9-17-8-5-10-23(17)14-15-6-3-2-4-7-15;1-24-20-18(22)12-16(21)13-19(20)25-17-8-5-10-23(11-9-17)14-15-6-3-2-4-7-15/h6,12-13,17H,2-5,7-11,14H2,1H3;5-6,8-13H,2-4,7,14H2,1H3. The van der Waals surface area contributed by atoms with E-state index in [1.807, 2.05) is 30.6 Å². The van der Waals surface area contributed by atoms with Gasteiger partial charge in [0.1, 0.15) is 5.76 Å². The molecule has 270 valence electrons. The minimum atomic E-state index is 0.421. The Labute approximate surface area is 317 Å². The van der Waals surface area contributed by atoms with Gasteiger partial charge in [-0.25, -0.2) is 0 Å². The van der Waals surface area contributed by atoms with Crippen LogP contribution in [0, 0.1) is 0 Å². The fourth-order valence-corrected chi connectivity index (χ4v) is 7.91. The van der Waals surface area contributed by atoms with Crippen LogP contribution in [-0.4, -0.2) is 56.3 Å². The molecule has 50 heavy (non-hydrogen) atoms. The van der Waals surface area contributed by atoms with Crippen molar-refractivity contribution < 1.29 is 18.9 Å². The largest absolute Gasteiger partial charge is 0.491 e. The van der Waals surface area contributed by atoms with E-state index in [4.69, 9.17) is 65.4 Å². The van der Waals surface area contributed by atoms with Crippen molar-refractivity contribution in [1.82, 2.24) is 9.80 Å². The summed E-state index contributed by atoms with van der Waals surface area (Å²) >= 11 is 24.5. The maximum atomic E-state index is 6.17. The summed E-state index contributed by atoms with van der Waals surface area (Å²) < 4.78 is 22.6. The summed E-state index contributed by atoms with van der Waals surface area (Å²) in [7, 11) is 3.15. The van der Waals surface area contributed by atoms with Crippen molar-refractivity contribution in [3.05, 3.63) is 104 Å². The van der Waals surface area contributed by atoms with Crippen molar-refractivity contribution in [2.45, 2.75) is 76.7 Å². The second kappa shape index (κ2) is 19.8. The van der Waals surface area contributed by atoms with Gasteiger partial charge in [-0.15, -0.1) is 0 Å². The normalized spacial score (nSPS) is 19.1. The first-order chi connectivity index (χ1) is 24.3. The van der Waals surface area contributed by atoms with Crippen LogP contribution >= 0.6 is 46.4 Å². The highest BCUT2D eigenvalue weighted by Gasteiger charge is 2.25. The van der Waals surface area contributed by atoms with Gasteiger partial charge in [0.05, 0.1) is 30.9 Å². The molecule has 6 nitrogen and oxygen atoms in total. The Morgan fingerprint density at radius 2 is 1.38 bits per heavy atom. The molecule has 0 amide bonds. The molecule has 0 saturated carbocycles. The minimum Gasteiger partial charge on any atom is -0.491 e. The van der Waals surface area contributed by atoms with Crippen LogP contribution in [0.25, 0.3) is 0 Å². The number of rotatable bonds is 12. The highest BCUT2D eigenvalue weighted by atomic mass is 35.5. The molecule has 0 spiro atoms. The van der Waals surface area contributed by atoms with E-state index in [0.29, 0.717) is 61.5 Å². The van der Waals surface area contributed by atoms with Gasteiger partial charge in [-0.3, -0.25) is 4.90 Å². The van der Waals surface area contributed by atoms with Gasteiger partial charge in [0.2, 0.25) is 0 Å². The molecule has 6 rings (SSSR count). The number of ether oxygens (including phenoxy) is 4. The average Bonchev–Trinajstić information content (AvgIpc) is 3.42. The predicted octanol–water partition coefficient (Wildman–Crippen LogP) is 11.8. The molecule has 0 radical (unpaired) electrons. The molecular formula is C40H48Cl4N2O4. The fourth-order valence-electron chi connectivity index (χ4n) is 6.80. The maximum Gasteiger partial charge on any atom is 0.180 e. The van der Waals surface area contributed by atoms with E-state index in [-0.39, 0.29) is 0 Å². The topological polar surface area (TPSA) is 43.4 Å². The summed E-state index contributed by atoms with van der Waals surface area (Å²) in [6.07, 6.45) is 28.4. The minimum absolute atomic E-state index is 0.421. The molecule has 4 aliphatic rings. The molecule has 1 unspecified atom stereocenters. The van der Waals surface area contributed by atoms with Crippen LogP contribution in [0.15, 0.2) is 84.0 Å². The zero-order valence-corrected chi connectivity index (χ0v) is 32.1. The lowest BCUT2D eigenvalue weighted by Gasteiger charge is -2.27. The zero-order valence-electron chi connectivity index (χ0n) is 29.1. The summed E-state index contributed by atoms with van der Waals surface area (Å²) in [5.74, 6) is 2.83. The van der Waals surface area contributed by atoms with Crippen LogP contribution < -0.4 is 18.9 Å². The van der Waals surface area contributed by atoms with E-state index in [1.54, 1.807) is 44.1 Å². The molecule has 2 heterocycles. The van der Waals surface area contributed by atoms with E-state index in [0.717, 1.165) is 19.5 Å². The number of allylic oxidation sites excluding steroid dienone is 5. The number of benzene rings is 2. The molecule has 10 heteroatoms. The summed E-state index contributed by atoms with van der Waals surface area (Å²) in [5.41, 5.74) is 3.12. The van der Waals surface area contributed by atoms with Crippen molar-refractivity contribution in [3.63, 3.8) is 0 Å². The number of halogens is 4. The van der Waals surface area contributed by atoms with E-state index in [1.165, 1.54) is 76.3 Å². The van der Waals surface area contributed by atoms with Crippen molar-refractivity contribution in [2.24, 2.45) is 0 Å². The number of hydrogen-bond donors (Lipinski definition) is 0. The van der Waals surface area contributed by atoms with Gasteiger partial charge in [0.25, 0.3) is 0 Å². The molecule has 2 aliphatic heterocycles. The highest BCUT2D eigenvalue weighted by Crippen LogP contribution is 2.40. The Morgan fingerprint density at radius 3 is 2.02 bits per heavy atom. The number of nitrogens with zero attached hydrogens (tertiary/aromatic N) is 2. The molecule has 1 saturated heterocycles. The van der Waals surface area contributed by atoms with Gasteiger partial charge in [-0.1, -0.05) is 69.7 Å². The van der Waals surface area contributed by atoms with Gasteiger partial charge in [-0.2, -0.15) is 0 Å². The van der Waals surface area contributed by atoms with Crippen LogP contribution in [0.3, 0.4) is 0 Å². The second-order valence-corrected chi connectivity index (χ2v) is 14.6. The van der Waals surface area contributed by atoms with Gasteiger partial charge in [0, 0.05) is 53.7 Å². The third-order valence-electron chi connectivity index (χ3n) is 9.32. The lowest BCUT2D eigenvalue weighted by molar-refractivity contribution is 0.210. The Hall–Kier alpha value is -2.74. The average molecular weight is 763 g/mol. The summed E-state index contributed by atoms with van der Waals surface area (Å²) in [4.78, 5) is 4.79. The van der Waals surface area contributed by atoms with Crippen molar-refractivity contribution in [3.8, 4) is 23.0 Å². The molecule has 1 fully saturated rings. The SMILES string of the molecule is COc1c(Cl)cc(Cl)cc1OC1=CC=CN(CC2=CCCCC2)C=C1.COc1c(Cl)cc(Cl)cc1OCCC1CCCN1CC1=CCCCC1. The van der Waals surface area contributed by atoms with Crippen LogP contribution in [0.1, 0.15) is 70.6 Å². The van der Waals surface area contributed by atoms with E-state index >= 15 is 0 Å². The number of hydrogen-bond acceptors (Lipinski definition) is 6. The molecule has 0 N–H and O–H groups in total. The molecule has 1 atom stereocenters. The Kier molecular flexibility index (Phi) is 15.2. The smallest absolute Gasteiger partial charge is 0.180 e. The monoisotopic (exact) mass is 760 g/mol. The fraction of sp³-hybridized carbons (Fsp3) is 0.450. The molecule has 2 aliphatic carbocycles. The molecule has 0 aromatic heterocycles. The van der Waals surface area contributed by atoms with E-state index < -0.39 is 0 Å². The van der Waals surface area contributed by atoms with Gasteiger partial charge in [-0.05, 0) is 108 Å². The Bertz CT molecular complexity index is 1600. The molecule has 2 aromatic rings. The lowest BCUT2D eigenvalue weighted by Crippen LogP contribution is -2.32. The van der Waals surface area contributed by atoms with Crippen LogP contribution in [0.2, 0.25) is 20.1 Å². The van der Waals surface area contributed by atoms with Crippen LogP contribution in [0.4, 0.5) is 0 Å². The van der Waals surface area contributed by atoms with E-state index in [9.17, 15) is 0 Å². The predicted molar refractivity (Wildman–Crippen MR) is 208 cm³/mol. The quantitative estimate of drug-likeness (QED) is 0.201. The highest BCUT2D eigenvalue weighted by molar-refractivity contribution is 6.36. The third-order valence-corrected chi connectivity index (χ3v) is 10.3. The van der Waals surface area contributed by atoms with Gasteiger partial charge in [0.15, 0.2) is 23.0 Å². The van der Waals surface area contributed by atoms with E-state index in [2.05, 4.69) is 22.0 Å². The molecule has 2 aromatic carbocycles. The first-order valence-corrected chi connectivity index (χ1v) is 19.1. The Morgan fingerprint density at radius 1 is 0.740 bits per heavy atom. The van der Waals surface area contributed by atoms with Crippen molar-refractivity contribution in [1.29, 1.82) is 0 Å². The van der Waals surface area contributed by atoms with Crippen molar-refractivity contribution in [2.75, 3.05) is 40.5 Å². The first-order valence-electron chi connectivity index (χ1n) is 17.6. The maximum absolute atomic E-state index is 6.17. The van der Waals surface area contributed by atoms with Gasteiger partial charge >= 0.3 is 0 Å². The van der Waals surface area contributed by atoms with Crippen molar-refractivity contribution >= 4 is 46.4 Å². The van der Waals surface area contributed by atoms with Gasteiger partial charge < -0.3 is 23.8 Å². The summed E-state index contributed by atoms with van der Waals surface area (Å²) in [5, 5.41) is 1.97. The van der Waals surface area contributed by atoms with Crippen LogP contribution in [-0.2, 0) is 0 Å². The van der Waals surface area contributed by atoms with Crippen LogP contribution in [0.5, 0.6) is 23.0 Å². The number of likely N-dealkylation sites (tertiary alicyclic amines) is 1. The molecular weight excluding hydrogens is 714 g/mol. The first kappa shape index (κ1) is 38.5. The summed E-state index contributed by atoms with van der Waals surface area (Å²) in [6.45, 7) is 3.90. The lowest BCUT2D eigenvalue weighted by atomic mass is 9.99. The molecule has 0 bridgehead atoms. The second-order valence-electron chi connectivity index (χ2n) is 13.0.